The Labute approximate surface area is 187 Å². The number of aliphatic hydroxyl groups is 1. The van der Waals surface area contributed by atoms with Crippen molar-refractivity contribution in [1.82, 2.24) is 15.0 Å². The fourth-order valence-electron chi connectivity index (χ4n) is 3.89. The lowest BCUT2D eigenvalue weighted by atomic mass is 10.1. The summed E-state index contributed by atoms with van der Waals surface area (Å²) in [5.41, 5.74) is 1.82. The predicted molar refractivity (Wildman–Crippen MR) is 116 cm³/mol. The lowest BCUT2D eigenvalue weighted by Crippen LogP contribution is -2.23. The van der Waals surface area contributed by atoms with Crippen molar-refractivity contribution < 1.29 is 22.7 Å². The minimum absolute atomic E-state index is 0.00919. The molecular formula is C21H23ClF3N5O2. The van der Waals surface area contributed by atoms with E-state index in [2.05, 4.69) is 25.6 Å². The van der Waals surface area contributed by atoms with Gasteiger partial charge in [0.2, 0.25) is 5.95 Å². The van der Waals surface area contributed by atoms with E-state index < -0.39 is 12.7 Å². The number of halogens is 4. The van der Waals surface area contributed by atoms with Gasteiger partial charge in [-0.25, -0.2) is 4.98 Å². The first-order chi connectivity index (χ1) is 15.3. The number of nitrogens with zero attached hydrogens (tertiary/aromatic N) is 3. The fourth-order valence-corrected chi connectivity index (χ4v) is 4.15. The normalized spacial score (nSPS) is 18.9. The zero-order valence-corrected chi connectivity index (χ0v) is 18.1. The molecule has 0 amide bonds. The molecule has 0 radical (unpaired) electrons. The minimum atomic E-state index is -4.43. The molecule has 0 aliphatic heterocycles. The molecule has 0 saturated heterocycles. The molecule has 32 heavy (non-hydrogen) atoms. The molecule has 0 bridgehead atoms. The van der Waals surface area contributed by atoms with Gasteiger partial charge in [0.1, 0.15) is 23.3 Å². The average Bonchev–Trinajstić information content (AvgIpc) is 3.37. The zero-order chi connectivity index (χ0) is 22.9. The highest BCUT2D eigenvalue weighted by Crippen LogP contribution is 2.39. The highest BCUT2D eigenvalue weighted by molar-refractivity contribution is 6.32. The highest BCUT2D eigenvalue weighted by atomic mass is 35.5. The summed E-state index contributed by atoms with van der Waals surface area (Å²) in [6.07, 6.45) is 0.318. The number of aryl methyl sites for hydroxylation is 1. The lowest BCUT2D eigenvalue weighted by molar-refractivity contribution is -0.115. The van der Waals surface area contributed by atoms with Crippen LogP contribution in [-0.2, 0) is 6.42 Å². The molecule has 11 heteroatoms. The molecule has 0 spiro atoms. The number of pyridine rings is 1. The van der Waals surface area contributed by atoms with Gasteiger partial charge in [0.15, 0.2) is 5.58 Å². The average molecular weight is 470 g/mol. The van der Waals surface area contributed by atoms with Crippen LogP contribution in [0.25, 0.3) is 22.3 Å². The van der Waals surface area contributed by atoms with E-state index in [4.69, 9.17) is 16.0 Å². The lowest BCUT2D eigenvalue weighted by Gasteiger charge is -2.18. The molecule has 1 saturated carbocycles. The third-order valence-corrected chi connectivity index (χ3v) is 5.79. The summed E-state index contributed by atoms with van der Waals surface area (Å²) >= 11 is 6.42. The summed E-state index contributed by atoms with van der Waals surface area (Å²) < 4.78 is 43.9. The number of fused-ring (bicyclic) bond motifs is 1. The van der Waals surface area contributed by atoms with Crippen molar-refractivity contribution in [3.8, 4) is 11.3 Å². The number of aliphatic hydroxyl groups excluding tert-OH is 1. The predicted octanol–water partition coefficient (Wildman–Crippen LogP) is 5.05. The van der Waals surface area contributed by atoms with Crippen molar-refractivity contribution in [2.75, 3.05) is 23.8 Å². The molecule has 1 aliphatic carbocycles. The number of nitrogens with one attached hydrogen (secondary N) is 2. The Morgan fingerprint density at radius 1 is 1.25 bits per heavy atom. The smallest absolute Gasteiger partial charge is 0.405 e. The number of hydrogen-bond acceptors (Lipinski definition) is 7. The van der Waals surface area contributed by atoms with E-state index in [9.17, 15) is 18.3 Å². The van der Waals surface area contributed by atoms with E-state index in [1.165, 1.54) is 0 Å². The number of anilines is 2. The summed E-state index contributed by atoms with van der Waals surface area (Å²) in [6, 6.07) is 3.69. The quantitative estimate of drug-likeness (QED) is 0.417. The number of furan rings is 1. The Kier molecular flexibility index (Phi) is 6.43. The molecule has 4 rings (SSSR count). The Morgan fingerprint density at radius 2 is 2.06 bits per heavy atom. The molecular weight excluding hydrogens is 447 g/mol. The molecule has 1 fully saturated rings. The number of rotatable bonds is 7. The Balaban J connectivity index is 1.72. The van der Waals surface area contributed by atoms with Crippen molar-refractivity contribution in [2.45, 2.75) is 44.8 Å². The molecule has 2 atom stereocenters. The second kappa shape index (κ2) is 9.11. The molecule has 1 aliphatic rings. The Morgan fingerprint density at radius 3 is 2.75 bits per heavy atom. The van der Waals surface area contributed by atoms with Gasteiger partial charge in [0.05, 0.1) is 11.8 Å². The topological polar surface area (TPSA) is 96.1 Å². The summed E-state index contributed by atoms with van der Waals surface area (Å²) in [6.45, 7) is 0.800. The molecule has 0 unspecified atom stereocenters. The van der Waals surface area contributed by atoms with Crippen LogP contribution >= 0.6 is 11.6 Å². The standard InChI is InChI=1S/C21H23ClF3N5O2/c1-2-13-6-12-7-15(32-16(12)8-26-13)17-18(22)29-20(27-10-21(23,24)25)30-19(17)28-14-4-3-11(5-14)9-31/h6-8,11,14,31H,2-5,9-10H2,1H3,(H2,27,28,29,30)/t11-,14+/m1/s1. The first-order valence-corrected chi connectivity index (χ1v) is 10.8. The minimum Gasteiger partial charge on any atom is -0.454 e. The van der Waals surface area contributed by atoms with Gasteiger partial charge in [-0.2, -0.15) is 18.2 Å². The van der Waals surface area contributed by atoms with Gasteiger partial charge in [-0.15, -0.1) is 0 Å². The molecule has 0 aromatic carbocycles. The van der Waals surface area contributed by atoms with Gasteiger partial charge in [0, 0.05) is 23.7 Å². The van der Waals surface area contributed by atoms with Crippen LogP contribution in [0.15, 0.2) is 22.7 Å². The SMILES string of the molecule is CCc1cc2cc(-c3c(Cl)nc(NCC(F)(F)F)nc3N[C@H]3CC[C@@H](CO)C3)oc2cn1. The number of hydrogen-bond donors (Lipinski definition) is 3. The van der Waals surface area contributed by atoms with Crippen molar-refractivity contribution in [1.29, 1.82) is 0 Å². The summed E-state index contributed by atoms with van der Waals surface area (Å²) in [7, 11) is 0. The Hall–Kier alpha value is -2.59. The van der Waals surface area contributed by atoms with Crippen LogP contribution in [0.1, 0.15) is 31.9 Å². The van der Waals surface area contributed by atoms with Crippen LogP contribution in [0.3, 0.4) is 0 Å². The van der Waals surface area contributed by atoms with Gasteiger partial charge in [-0.3, -0.25) is 4.98 Å². The van der Waals surface area contributed by atoms with Crippen LogP contribution < -0.4 is 10.6 Å². The largest absolute Gasteiger partial charge is 0.454 e. The van der Waals surface area contributed by atoms with Crippen molar-refractivity contribution in [3.63, 3.8) is 0 Å². The molecule has 7 nitrogen and oxygen atoms in total. The molecule has 3 heterocycles. The van der Waals surface area contributed by atoms with E-state index in [0.29, 0.717) is 23.3 Å². The van der Waals surface area contributed by atoms with Crippen molar-refractivity contribution in [3.05, 3.63) is 29.2 Å². The summed E-state index contributed by atoms with van der Waals surface area (Å²) in [5.74, 6) is 0.602. The maximum Gasteiger partial charge on any atom is 0.405 e. The van der Waals surface area contributed by atoms with Crippen LogP contribution in [0.5, 0.6) is 0 Å². The third kappa shape index (κ3) is 5.07. The maximum absolute atomic E-state index is 12.7. The molecule has 3 aromatic rings. The molecule has 172 valence electrons. The summed E-state index contributed by atoms with van der Waals surface area (Å²) in [5, 5.41) is 15.7. The van der Waals surface area contributed by atoms with E-state index in [1.54, 1.807) is 12.3 Å². The van der Waals surface area contributed by atoms with Crippen molar-refractivity contribution in [2.24, 2.45) is 5.92 Å². The van der Waals surface area contributed by atoms with Gasteiger partial charge in [0.25, 0.3) is 0 Å². The number of aromatic nitrogens is 3. The van der Waals surface area contributed by atoms with Gasteiger partial charge >= 0.3 is 6.18 Å². The zero-order valence-electron chi connectivity index (χ0n) is 17.3. The van der Waals surface area contributed by atoms with Gasteiger partial charge in [-0.05, 0) is 43.7 Å². The van der Waals surface area contributed by atoms with Gasteiger partial charge in [-0.1, -0.05) is 18.5 Å². The van der Waals surface area contributed by atoms with Crippen LogP contribution in [0, 0.1) is 5.92 Å². The number of alkyl halides is 3. The highest BCUT2D eigenvalue weighted by Gasteiger charge is 2.29. The van der Waals surface area contributed by atoms with E-state index in [-0.39, 0.29) is 35.5 Å². The second-order valence-corrected chi connectivity index (χ2v) is 8.27. The van der Waals surface area contributed by atoms with E-state index in [1.807, 2.05) is 13.0 Å². The van der Waals surface area contributed by atoms with Crippen LogP contribution in [-0.4, -0.2) is 45.4 Å². The molecule has 3 N–H and O–H groups in total. The second-order valence-electron chi connectivity index (χ2n) is 7.91. The Bertz CT molecular complexity index is 1100. The fraction of sp³-hybridized carbons (Fsp3) is 0.476. The van der Waals surface area contributed by atoms with Crippen molar-refractivity contribution >= 4 is 34.3 Å². The maximum atomic E-state index is 12.7. The third-order valence-electron chi connectivity index (χ3n) is 5.52. The first kappa shape index (κ1) is 22.6. The van der Waals surface area contributed by atoms with Crippen LogP contribution in [0.2, 0.25) is 5.15 Å². The van der Waals surface area contributed by atoms with Crippen LogP contribution in [0.4, 0.5) is 24.9 Å². The van der Waals surface area contributed by atoms with E-state index >= 15 is 0 Å². The van der Waals surface area contributed by atoms with E-state index in [0.717, 1.165) is 30.3 Å². The summed E-state index contributed by atoms with van der Waals surface area (Å²) in [4.78, 5) is 12.6. The molecule has 3 aromatic heterocycles. The first-order valence-electron chi connectivity index (χ1n) is 10.4. The van der Waals surface area contributed by atoms with Gasteiger partial charge < -0.3 is 20.2 Å². The monoisotopic (exact) mass is 469 g/mol.